The Morgan fingerprint density at radius 3 is 2.50 bits per heavy atom. The van der Waals surface area contributed by atoms with E-state index >= 15 is 0 Å². The summed E-state index contributed by atoms with van der Waals surface area (Å²) in [5.41, 5.74) is -0.485. The topological polar surface area (TPSA) is 99.9 Å². The molecule has 0 amide bonds. The van der Waals surface area contributed by atoms with Crippen molar-refractivity contribution in [3.05, 3.63) is 30.4 Å². The molecule has 2 heterocycles. The molecule has 2 unspecified atom stereocenters. The largest absolute Gasteiger partial charge is 0.469 e. The number of ether oxygens (including phenoxy) is 3. The monoisotopic (exact) mass is 638 g/mol. The lowest BCUT2D eigenvalue weighted by Gasteiger charge is -2.71. The lowest BCUT2D eigenvalue weighted by Crippen LogP contribution is -2.69. The Labute approximate surface area is 276 Å². The zero-order valence-corrected chi connectivity index (χ0v) is 29.6. The van der Waals surface area contributed by atoms with Gasteiger partial charge in [-0.3, -0.25) is 9.59 Å². The first-order valence-corrected chi connectivity index (χ1v) is 17.8. The van der Waals surface area contributed by atoms with Crippen LogP contribution in [0.1, 0.15) is 105 Å². The van der Waals surface area contributed by atoms with Crippen LogP contribution in [0.5, 0.6) is 0 Å². The van der Waals surface area contributed by atoms with Gasteiger partial charge in [-0.1, -0.05) is 32.9 Å². The molecule has 1 N–H and O–H groups in total. The molecular formula is C38H58N2O6. The highest BCUT2D eigenvalue weighted by molar-refractivity contribution is 5.78. The summed E-state index contributed by atoms with van der Waals surface area (Å²) in [6, 6.07) is 0. The number of nitrogens with zero attached hydrogens (tertiary/aromatic N) is 2. The van der Waals surface area contributed by atoms with Gasteiger partial charge < -0.3 is 23.9 Å². The van der Waals surface area contributed by atoms with Crippen LogP contribution in [-0.2, 0) is 30.3 Å². The predicted molar refractivity (Wildman–Crippen MR) is 175 cm³/mol. The summed E-state index contributed by atoms with van der Waals surface area (Å²) in [5.74, 6) is 1.32. The number of carbonyl (C=O) groups is 2. The highest BCUT2D eigenvalue weighted by Gasteiger charge is 2.76. The Balaban J connectivity index is 1.31. The smallest absolute Gasteiger partial charge is 0.312 e. The molecule has 4 saturated carbocycles. The molecule has 5 fully saturated rings. The third-order valence-electron chi connectivity index (χ3n) is 14.9. The number of aromatic nitrogens is 2. The van der Waals surface area contributed by atoms with Crippen molar-refractivity contribution in [1.29, 1.82) is 0 Å². The van der Waals surface area contributed by atoms with Crippen molar-refractivity contribution in [2.24, 2.45) is 51.2 Å². The Hall–Kier alpha value is -2.19. The van der Waals surface area contributed by atoms with Crippen molar-refractivity contribution < 1.29 is 28.9 Å². The summed E-state index contributed by atoms with van der Waals surface area (Å²) in [4.78, 5) is 31.3. The highest BCUT2D eigenvalue weighted by Crippen LogP contribution is 2.77. The summed E-state index contributed by atoms with van der Waals surface area (Å²) < 4.78 is 20.1. The van der Waals surface area contributed by atoms with Crippen LogP contribution in [0.4, 0.5) is 0 Å². The SMILES string of the molecule is C=C(C)[C@@H]1CC[C@]2(C(=O)OCCCn3ccnc3C)CC[C@]3(C)[C@H](C[C@@H](O)[C@@H]4[C@@]5(C)C(CC(=O)OC)OC(C)(C)C5CC[C@]43C)[C@@H]12. The summed E-state index contributed by atoms with van der Waals surface area (Å²) in [6.07, 6.45) is 9.95. The highest BCUT2D eigenvalue weighted by atomic mass is 16.5. The number of aliphatic hydroxyl groups excluding tert-OH is 1. The van der Waals surface area contributed by atoms with Gasteiger partial charge in [-0.15, -0.1) is 0 Å². The van der Waals surface area contributed by atoms with E-state index in [2.05, 4.69) is 57.7 Å². The van der Waals surface area contributed by atoms with E-state index in [1.54, 1.807) is 6.20 Å². The van der Waals surface area contributed by atoms with Crippen LogP contribution >= 0.6 is 0 Å². The van der Waals surface area contributed by atoms with E-state index < -0.39 is 17.1 Å². The van der Waals surface area contributed by atoms with Gasteiger partial charge in [-0.2, -0.15) is 0 Å². The van der Waals surface area contributed by atoms with Crippen LogP contribution in [0.2, 0.25) is 0 Å². The van der Waals surface area contributed by atoms with Crippen molar-refractivity contribution in [1.82, 2.24) is 9.55 Å². The number of aryl methyl sites for hydroxylation is 2. The van der Waals surface area contributed by atoms with Gasteiger partial charge in [0, 0.05) is 24.4 Å². The van der Waals surface area contributed by atoms with Gasteiger partial charge in [-0.05, 0) is 119 Å². The number of hydrogen-bond acceptors (Lipinski definition) is 7. The molecule has 0 aromatic carbocycles. The minimum Gasteiger partial charge on any atom is -0.469 e. The molecule has 6 rings (SSSR count). The van der Waals surface area contributed by atoms with Gasteiger partial charge in [0.2, 0.25) is 0 Å². The Bertz CT molecular complexity index is 1370. The standard InChI is InChI=1S/C38H58N2O6/c1-23(2)25-11-14-38(33(43)45-20-10-18-40-19-17-39-24(40)3)16-15-35(6)26(31(25)38)21-27(41)32-36(35,7)13-12-28-34(4,5)46-29(37(28,32)8)22-30(42)44-9/h17,19,25-29,31-32,41H,1,10-16,18,20-22H2,2-9H3/t25-,26+,27+,28?,29?,31+,32-,35+,36+,37+,38-/m0/s1. The molecule has 0 spiro atoms. The first-order chi connectivity index (χ1) is 21.6. The van der Waals surface area contributed by atoms with E-state index in [1.807, 2.05) is 13.1 Å². The van der Waals surface area contributed by atoms with Crippen LogP contribution in [0.25, 0.3) is 0 Å². The second-order valence-corrected chi connectivity index (χ2v) is 17.0. The average Bonchev–Trinajstić information content (AvgIpc) is 3.64. The van der Waals surface area contributed by atoms with Crippen molar-refractivity contribution in [2.75, 3.05) is 13.7 Å². The van der Waals surface area contributed by atoms with Gasteiger partial charge in [0.05, 0.1) is 43.4 Å². The molecule has 11 atom stereocenters. The molecule has 1 saturated heterocycles. The van der Waals surface area contributed by atoms with Gasteiger partial charge in [0.25, 0.3) is 0 Å². The number of allylic oxidation sites excluding steroid dienone is 1. The third-order valence-corrected chi connectivity index (χ3v) is 14.9. The second kappa shape index (κ2) is 11.5. The van der Waals surface area contributed by atoms with Gasteiger partial charge >= 0.3 is 11.9 Å². The minimum atomic E-state index is -0.565. The van der Waals surface area contributed by atoms with Gasteiger partial charge in [-0.25, -0.2) is 4.98 Å². The maximum absolute atomic E-state index is 14.3. The van der Waals surface area contributed by atoms with E-state index in [0.717, 1.165) is 62.9 Å². The maximum Gasteiger partial charge on any atom is 0.312 e. The lowest BCUT2D eigenvalue weighted by atomic mass is 9.33. The molecule has 1 aliphatic heterocycles. The van der Waals surface area contributed by atoms with Crippen molar-refractivity contribution in [2.45, 2.75) is 131 Å². The van der Waals surface area contributed by atoms with Crippen LogP contribution in [0.15, 0.2) is 24.5 Å². The lowest BCUT2D eigenvalue weighted by molar-refractivity contribution is -0.255. The van der Waals surface area contributed by atoms with Gasteiger partial charge in [0.1, 0.15) is 5.82 Å². The summed E-state index contributed by atoms with van der Waals surface area (Å²) in [6.45, 7) is 21.2. The Morgan fingerprint density at radius 2 is 1.85 bits per heavy atom. The normalized spacial score (nSPS) is 44.0. The molecule has 46 heavy (non-hydrogen) atoms. The van der Waals surface area contributed by atoms with E-state index in [-0.39, 0.29) is 70.3 Å². The fourth-order valence-corrected chi connectivity index (χ4v) is 12.6. The molecule has 1 aromatic rings. The zero-order chi connectivity index (χ0) is 33.4. The number of carbonyl (C=O) groups excluding carboxylic acids is 2. The van der Waals surface area contributed by atoms with Crippen molar-refractivity contribution in [3.8, 4) is 0 Å². The summed E-state index contributed by atoms with van der Waals surface area (Å²) in [7, 11) is 1.44. The number of aliphatic hydroxyl groups is 1. The van der Waals surface area contributed by atoms with Crippen LogP contribution in [-0.4, -0.2) is 58.1 Å². The molecule has 8 heteroatoms. The Kier molecular flexibility index (Phi) is 8.40. The van der Waals surface area contributed by atoms with Crippen LogP contribution in [0.3, 0.4) is 0 Å². The number of imidazole rings is 1. The number of hydrogen-bond donors (Lipinski definition) is 1. The molecule has 0 radical (unpaired) electrons. The number of rotatable bonds is 8. The molecule has 5 aliphatic rings. The number of esters is 2. The molecule has 1 aromatic heterocycles. The zero-order valence-electron chi connectivity index (χ0n) is 29.6. The molecular weight excluding hydrogens is 580 g/mol. The second-order valence-electron chi connectivity index (χ2n) is 17.0. The van der Waals surface area contributed by atoms with Crippen molar-refractivity contribution >= 4 is 11.9 Å². The Morgan fingerprint density at radius 1 is 1.11 bits per heavy atom. The maximum atomic E-state index is 14.3. The molecule has 0 bridgehead atoms. The minimum absolute atomic E-state index is 0.0350. The third kappa shape index (κ3) is 4.69. The first kappa shape index (κ1) is 33.7. The van der Waals surface area contributed by atoms with Crippen LogP contribution in [0, 0.1) is 58.2 Å². The van der Waals surface area contributed by atoms with E-state index in [4.69, 9.17) is 14.2 Å². The quantitative estimate of drug-likeness (QED) is 0.193. The van der Waals surface area contributed by atoms with E-state index in [1.165, 1.54) is 7.11 Å². The molecule has 8 nitrogen and oxygen atoms in total. The van der Waals surface area contributed by atoms with Gasteiger partial charge in [0.15, 0.2) is 0 Å². The average molecular weight is 639 g/mol. The van der Waals surface area contributed by atoms with Crippen molar-refractivity contribution in [3.63, 3.8) is 0 Å². The van der Waals surface area contributed by atoms with E-state index in [9.17, 15) is 14.7 Å². The number of fused-ring (bicyclic) bond motifs is 7. The summed E-state index contributed by atoms with van der Waals surface area (Å²) >= 11 is 0. The molecule has 256 valence electrons. The first-order valence-electron chi connectivity index (χ1n) is 17.8. The van der Waals surface area contributed by atoms with E-state index in [0.29, 0.717) is 13.0 Å². The predicted octanol–water partition coefficient (Wildman–Crippen LogP) is 6.67. The fraction of sp³-hybridized carbons (Fsp3) is 0.816. The van der Waals surface area contributed by atoms with Crippen LogP contribution < -0.4 is 0 Å². The molecule has 4 aliphatic carbocycles. The fourth-order valence-electron chi connectivity index (χ4n) is 12.6. The number of methoxy groups -OCH3 is 1. The summed E-state index contributed by atoms with van der Waals surface area (Å²) in [5, 5.41) is 12.5.